The van der Waals surface area contributed by atoms with Gasteiger partial charge in [-0.2, -0.15) is 0 Å². The number of para-hydroxylation sites is 1. The van der Waals surface area contributed by atoms with E-state index < -0.39 is 0 Å². The number of aromatic nitrogens is 1. The van der Waals surface area contributed by atoms with E-state index in [-0.39, 0.29) is 0 Å². The molecular formula is C26H33NS6. The van der Waals surface area contributed by atoms with Crippen LogP contribution in [0.3, 0.4) is 0 Å². The minimum absolute atomic E-state index is 1.23. The van der Waals surface area contributed by atoms with Crippen LogP contribution >= 0.6 is 70.6 Å². The molecule has 3 heterocycles. The molecule has 0 fully saturated rings. The maximum absolute atomic E-state index is 2.29. The van der Waals surface area contributed by atoms with Gasteiger partial charge in [0.15, 0.2) is 0 Å². The normalized spacial score (nSPS) is 15.7. The average molecular weight is 552 g/mol. The van der Waals surface area contributed by atoms with Gasteiger partial charge < -0.3 is 4.57 Å². The van der Waals surface area contributed by atoms with Gasteiger partial charge in [0.25, 0.3) is 0 Å². The Morgan fingerprint density at radius 3 is 1.67 bits per heavy atom. The van der Waals surface area contributed by atoms with Crippen molar-refractivity contribution in [2.45, 2.75) is 75.0 Å². The number of hydrogen-bond acceptors (Lipinski definition) is 6. The van der Waals surface area contributed by atoms with E-state index in [0.717, 1.165) is 0 Å². The van der Waals surface area contributed by atoms with Crippen molar-refractivity contribution in [2.24, 2.45) is 0 Å². The lowest BCUT2D eigenvalue weighted by atomic mass is 10.2. The average Bonchev–Trinajstić information content (AvgIpc) is 3.53. The number of rotatable bonds is 13. The standard InChI is InChI=1S/C26H33NS6/c1-3-5-7-12-16-28-23-24(29-17-13-8-6-4-2)33-26(32-23)25-30-21-18-27(19-22(21)31-25)20-14-10-9-11-15-20/h9-11,14-15,18-19H,3-8,12-13,16-17H2,1-2H3. The maximum atomic E-state index is 2.29. The van der Waals surface area contributed by atoms with E-state index in [4.69, 9.17) is 0 Å². The Kier molecular flexibility index (Phi) is 11.1. The van der Waals surface area contributed by atoms with E-state index in [2.05, 4.69) is 84.7 Å². The predicted octanol–water partition coefficient (Wildman–Crippen LogP) is 11.0. The number of thioether (sulfide) groups is 6. The third-order valence-electron chi connectivity index (χ3n) is 5.38. The Morgan fingerprint density at radius 1 is 0.636 bits per heavy atom. The van der Waals surface area contributed by atoms with Crippen molar-refractivity contribution in [1.29, 1.82) is 0 Å². The van der Waals surface area contributed by atoms with Crippen LogP contribution in [-0.2, 0) is 0 Å². The van der Waals surface area contributed by atoms with Crippen molar-refractivity contribution in [3.05, 3.63) is 59.7 Å². The fourth-order valence-corrected chi connectivity index (χ4v) is 12.3. The maximum Gasteiger partial charge on any atom is 0.0717 e. The summed E-state index contributed by atoms with van der Waals surface area (Å²) in [4.78, 5) is 2.78. The zero-order valence-electron chi connectivity index (χ0n) is 19.5. The summed E-state index contributed by atoms with van der Waals surface area (Å²) in [5.74, 6) is 2.52. The molecule has 0 radical (unpaired) electrons. The zero-order valence-corrected chi connectivity index (χ0v) is 24.4. The Labute approximate surface area is 225 Å². The summed E-state index contributed by atoms with van der Waals surface area (Å²) in [6.45, 7) is 4.59. The number of unbranched alkanes of at least 4 members (excludes halogenated alkanes) is 6. The molecule has 0 aliphatic carbocycles. The highest BCUT2D eigenvalue weighted by Gasteiger charge is 2.30. The SMILES string of the molecule is CCCCCCSC1=C(SCCCCCC)SC(=C2Sc3cn(-c4ccccc4)cc3S2)S1. The molecule has 0 unspecified atom stereocenters. The highest BCUT2D eigenvalue weighted by atomic mass is 32.3. The van der Waals surface area contributed by atoms with Crippen LogP contribution in [-0.4, -0.2) is 16.1 Å². The fourth-order valence-electron chi connectivity index (χ4n) is 3.54. The summed E-state index contributed by atoms with van der Waals surface area (Å²) < 4.78 is 8.35. The number of hydrogen-bond donors (Lipinski definition) is 0. The quantitative estimate of drug-likeness (QED) is 0.226. The van der Waals surface area contributed by atoms with Crippen molar-refractivity contribution in [3.8, 4) is 5.69 Å². The van der Waals surface area contributed by atoms with Crippen molar-refractivity contribution >= 4 is 70.6 Å². The molecule has 0 bridgehead atoms. The number of fused-ring (bicyclic) bond motifs is 1. The Balaban J connectivity index is 1.38. The molecule has 1 aromatic heterocycles. The molecule has 33 heavy (non-hydrogen) atoms. The molecule has 1 nitrogen and oxygen atoms in total. The van der Waals surface area contributed by atoms with Crippen molar-refractivity contribution < 1.29 is 0 Å². The number of nitrogens with zero attached hydrogens (tertiary/aromatic N) is 1. The first kappa shape index (κ1) is 26.2. The summed E-state index contributed by atoms with van der Waals surface area (Å²) in [5, 5.41) is 0. The Morgan fingerprint density at radius 2 is 1.15 bits per heavy atom. The molecule has 2 aromatic rings. The second-order valence-electron chi connectivity index (χ2n) is 8.11. The van der Waals surface area contributed by atoms with Crippen LogP contribution in [0.2, 0.25) is 0 Å². The first-order valence-electron chi connectivity index (χ1n) is 12.0. The van der Waals surface area contributed by atoms with Gasteiger partial charge in [0.05, 0.1) is 16.9 Å². The van der Waals surface area contributed by atoms with Gasteiger partial charge in [-0.05, 0) is 36.5 Å². The van der Waals surface area contributed by atoms with E-state index >= 15 is 0 Å². The van der Waals surface area contributed by atoms with Crippen LogP contribution < -0.4 is 0 Å². The van der Waals surface area contributed by atoms with Gasteiger partial charge >= 0.3 is 0 Å². The van der Waals surface area contributed by atoms with E-state index in [9.17, 15) is 0 Å². The largest absolute Gasteiger partial charge is 0.322 e. The molecule has 2 aliphatic heterocycles. The topological polar surface area (TPSA) is 4.93 Å². The minimum Gasteiger partial charge on any atom is -0.322 e. The molecular weight excluding hydrogens is 519 g/mol. The Hall–Kier alpha value is 0.0800. The summed E-state index contributed by atoms with van der Waals surface area (Å²) in [7, 11) is 0. The third kappa shape index (κ3) is 7.53. The van der Waals surface area contributed by atoms with Crippen LogP contribution in [0.25, 0.3) is 5.69 Å². The molecule has 4 rings (SSSR count). The zero-order chi connectivity index (χ0) is 22.9. The fraction of sp³-hybridized carbons (Fsp3) is 0.462. The van der Waals surface area contributed by atoms with Crippen molar-refractivity contribution in [2.75, 3.05) is 11.5 Å². The molecule has 0 saturated carbocycles. The molecule has 0 spiro atoms. The van der Waals surface area contributed by atoms with E-state index in [1.165, 1.54) is 86.8 Å². The molecule has 1 aromatic carbocycles. The Bertz CT molecular complexity index is 909. The highest BCUT2D eigenvalue weighted by Crippen LogP contribution is 2.64. The van der Waals surface area contributed by atoms with Gasteiger partial charge in [-0.1, -0.05) is 118 Å². The van der Waals surface area contributed by atoms with Crippen molar-refractivity contribution in [1.82, 2.24) is 4.57 Å². The van der Waals surface area contributed by atoms with Gasteiger partial charge in [0, 0.05) is 27.9 Å². The van der Waals surface area contributed by atoms with E-state index in [1.54, 1.807) is 8.47 Å². The second kappa shape index (κ2) is 14.0. The lowest BCUT2D eigenvalue weighted by Gasteiger charge is -2.05. The van der Waals surface area contributed by atoms with Crippen molar-refractivity contribution in [3.63, 3.8) is 0 Å². The molecule has 0 amide bonds. The smallest absolute Gasteiger partial charge is 0.0717 e. The molecule has 0 saturated heterocycles. The van der Waals surface area contributed by atoms with Gasteiger partial charge in [-0.15, -0.1) is 23.5 Å². The summed E-state index contributed by atoms with van der Waals surface area (Å²) in [6, 6.07) is 10.6. The summed E-state index contributed by atoms with van der Waals surface area (Å²) in [6.07, 6.45) is 15.4. The first-order valence-corrected chi connectivity index (χ1v) is 17.2. The molecule has 0 N–H and O–H groups in total. The molecule has 178 valence electrons. The number of benzene rings is 1. The van der Waals surface area contributed by atoms with E-state index in [0.29, 0.717) is 0 Å². The van der Waals surface area contributed by atoms with Gasteiger partial charge in [0.1, 0.15) is 0 Å². The van der Waals surface area contributed by atoms with Gasteiger partial charge in [-0.25, -0.2) is 0 Å². The van der Waals surface area contributed by atoms with Crippen LogP contribution in [0.4, 0.5) is 0 Å². The van der Waals surface area contributed by atoms with Crippen LogP contribution in [0.5, 0.6) is 0 Å². The van der Waals surface area contributed by atoms with Gasteiger partial charge in [0.2, 0.25) is 0 Å². The molecule has 0 atom stereocenters. The minimum atomic E-state index is 1.23. The lowest BCUT2D eigenvalue weighted by molar-refractivity contribution is 0.707. The monoisotopic (exact) mass is 551 g/mol. The predicted molar refractivity (Wildman–Crippen MR) is 160 cm³/mol. The molecule has 2 aliphatic rings. The van der Waals surface area contributed by atoms with Crippen LogP contribution in [0.1, 0.15) is 65.2 Å². The first-order chi connectivity index (χ1) is 16.3. The van der Waals surface area contributed by atoms with Crippen LogP contribution in [0, 0.1) is 0 Å². The summed E-state index contributed by atoms with van der Waals surface area (Å²) >= 11 is 12.2. The second-order valence-corrected chi connectivity index (χ2v) is 15.5. The van der Waals surface area contributed by atoms with Crippen LogP contribution in [0.15, 0.2) is 69.5 Å². The van der Waals surface area contributed by atoms with E-state index in [1.807, 2.05) is 47.0 Å². The third-order valence-corrected chi connectivity index (χ3v) is 14.1. The van der Waals surface area contributed by atoms with Gasteiger partial charge in [-0.3, -0.25) is 0 Å². The lowest BCUT2D eigenvalue weighted by Crippen LogP contribution is -1.88. The summed E-state index contributed by atoms with van der Waals surface area (Å²) in [5.41, 5.74) is 1.23. The molecule has 7 heteroatoms. The highest BCUT2D eigenvalue weighted by molar-refractivity contribution is 8.42.